The lowest BCUT2D eigenvalue weighted by Crippen LogP contribution is -2.49. The highest BCUT2D eigenvalue weighted by atomic mass is 16.5. The first-order valence-electron chi connectivity index (χ1n) is 13.0. The van der Waals surface area contributed by atoms with E-state index in [0.29, 0.717) is 24.5 Å². The molecule has 1 aliphatic heterocycles. The third-order valence-corrected chi connectivity index (χ3v) is 7.21. The standard InChI is InChI=1S/C29H45N3O/c1-5-24(4)29(30)21-31-18-16-27(17-19-31)32(20-15-23(2)3)26-11-13-28(14-12-26)33-22-25-9-7-6-8-10-25/h6-14,23-24,27,29H,5,15-22,30H2,1-4H3. The highest BCUT2D eigenvalue weighted by Crippen LogP contribution is 2.27. The van der Waals surface area contributed by atoms with Crippen LogP contribution >= 0.6 is 0 Å². The van der Waals surface area contributed by atoms with Crippen molar-refractivity contribution >= 4 is 5.69 Å². The zero-order valence-corrected chi connectivity index (χ0v) is 21.2. The summed E-state index contributed by atoms with van der Waals surface area (Å²) in [7, 11) is 0. The van der Waals surface area contributed by atoms with Crippen LogP contribution < -0.4 is 15.4 Å². The first kappa shape index (κ1) is 25.6. The molecule has 0 spiro atoms. The second kappa shape index (κ2) is 13.0. The molecule has 1 saturated heterocycles. The van der Waals surface area contributed by atoms with E-state index in [0.717, 1.165) is 38.3 Å². The van der Waals surface area contributed by atoms with Gasteiger partial charge in [0.05, 0.1) is 0 Å². The van der Waals surface area contributed by atoms with Crippen LogP contribution in [0.2, 0.25) is 0 Å². The van der Waals surface area contributed by atoms with Gasteiger partial charge < -0.3 is 20.3 Å². The summed E-state index contributed by atoms with van der Waals surface area (Å²) in [6.45, 7) is 14.2. The van der Waals surface area contributed by atoms with Crippen molar-refractivity contribution in [1.82, 2.24) is 4.90 Å². The second-order valence-electron chi connectivity index (χ2n) is 10.2. The lowest BCUT2D eigenvalue weighted by atomic mass is 9.97. The number of ether oxygens (including phenoxy) is 1. The molecule has 0 bridgehead atoms. The minimum Gasteiger partial charge on any atom is -0.489 e. The van der Waals surface area contributed by atoms with Crippen LogP contribution in [0.25, 0.3) is 0 Å². The molecular formula is C29H45N3O. The molecule has 0 amide bonds. The van der Waals surface area contributed by atoms with Crippen LogP contribution in [0.3, 0.4) is 0 Å². The number of hydrogen-bond donors (Lipinski definition) is 1. The summed E-state index contributed by atoms with van der Waals surface area (Å²) in [5, 5.41) is 0. The summed E-state index contributed by atoms with van der Waals surface area (Å²) >= 11 is 0. The van der Waals surface area contributed by atoms with E-state index in [4.69, 9.17) is 10.5 Å². The number of anilines is 1. The molecule has 0 saturated carbocycles. The molecular weight excluding hydrogens is 406 g/mol. The van der Waals surface area contributed by atoms with Gasteiger partial charge in [-0.1, -0.05) is 64.4 Å². The Balaban J connectivity index is 1.59. The average Bonchev–Trinajstić information content (AvgIpc) is 2.84. The fourth-order valence-electron chi connectivity index (χ4n) is 4.59. The molecule has 0 aliphatic carbocycles. The van der Waals surface area contributed by atoms with Crippen LogP contribution in [-0.2, 0) is 6.61 Å². The van der Waals surface area contributed by atoms with Gasteiger partial charge >= 0.3 is 0 Å². The summed E-state index contributed by atoms with van der Waals surface area (Å²) in [5.41, 5.74) is 8.95. The average molecular weight is 452 g/mol. The molecule has 1 heterocycles. The summed E-state index contributed by atoms with van der Waals surface area (Å²) in [6, 6.07) is 20.0. The van der Waals surface area contributed by atoms with Crippen molar-refractivity contribution < 1.29 is 4.74 Å². The molecule has 2 aromatic carbocycles. The number of piperidine rings is 1. The van der Waals surface area contributed by atoms with Gasteiger partial charge in [0, 0.05) is 44.0 Å². The van der Waals surface area contributed by atoms with Crippen LogP contribution in [0, 0.1) is 11.8 Å². The van der Waals surface area contributed by atoms with Crippen LogP contribution in [0.4, 0.5) is 5.69 Å². The number of likely N-dealkylation sites (tertiary alicyclic amines) is 1. The number of rotatable bonds is 12. The smallest absolute Gasteiger partial charge is 0.119 e. The normalized spacial score (nSPS) is 17.2. The molecule has 0 aromatic heterocycles. The molecule has 4 heteroatoms. The Labute approximate surface area is 202 Å². The fourth-order valence-corrected chi connectivity index (χ4v) is 4.59. The molecule has 2 N–H and O–H groups in total. The predicted molar refractivity (Wildman–Crippen MR) is 141 cm³/mol. The molecule has 2 aromatic rings. The highest BCUT2D eigenvalue weighted by molar-refractivity contribution is 5.50. The van der Waals surface area contributed by atoms with Crippen molar-refractivity contribution in [3.05, 3.63) is 60.2 Å². The molecule has 33 heavy (non-hydrogen) atoms. The van der Waals surface area contributed by atoms with Crippen LogP contribution in [-0.4, -0.2) is 43.2 Å². The summed E-state index contributed by atoms with van der Waals surface area (Å²) in [6.07, 6.45) is 4.78. The minimum absolute atomic E-state index is 0.284. The lowest BCUT2D eigenvalue weighted by molar-refractivity contribution is 0.183. The highest BCUT2D eigenvalue weighted by Gasteiger charge is 2.26. The topological polar surface area (TPSA) is 41.7 Å². The Hall–Kier alpha value is -2.04. The third-order valence-electron chi connectivity index (χ3n) is 7.21. The molecule has 3 rings (SSSR count). The first-order chi connectivity index (χ1) is 16.0. The number of nitrogens with two attached hydrogens (primary N) is 1. The van der Waals surface area contributed by atoms with E-state index in [9.17, 15) is 0 Å². The van der Waals surface area contributed by atoms with E-state index in [1.165, 1.54) is 30.5 Å². The summed E-state index contributed by atoms with van der Waals surface area (Å²) in [5.74, 6) is 2.22. The van der Waals surface area contributed by atoms with Gasteiger partial charge in [-0.25, -0.2) is 0 Å². The predicted octanol–water partition coefficient (Wildman–Crippen LogP) is 5.96. The van der Waals surface area contributed by atoms with Crippen molar-refractivity contribution in [1.29, 1.82) is 0 Å². The lowest BCUT2D eigenvalue weighted by Gasteiger charge is -2.41. The molecule has 2 atom stereocenters. The van der Waals surface area contributed by atoms with E-state index in [1.807, 2.05) is 6.07 Å². The van der Waals surface area contributed by atoms with E-state index < -0.39 is 0 Å². The summed E-state index contributed by atoms with van der Waals surface area (Å²) in [4.78, 5) is 5.22. The minimum atomic E-state index is 0.284. The van der Waals surface area contributed by atoms with Gasteiger partial charge in [-0.15, -0.1) is 0 Å². The monoisotopic (exact) mass is 451 g/mol. The summed E-state index contributed by atoms with van der Waals surface area (Å²) < 4.78 is 6.01. The molecule has 0 radical (unpaired) electrons. The maximum absolute atomic E-state index is 6.44. The number of benzene rings is 2. The van der Waals surface area contributed by atoms with Crippen molar-refractivity contribution in [2.24, 2.45) is 17.6 Å². The van der Waals surface area contributed by atoms with Gasteiger partial charge in [0.2, 0.25) is 0 Å². The van der Waals surface area contributed by atoms with Crippen molar-refractivity contribution in [3.8, 4) is 5.75 Å². The Morgan fingerprint density at radius 1 is 1.00 bits per heavy atom. The fraction of sp³-hybridized carbons (Fsp3) is 0.586. The van der Waals surface area contributed by atoms with Crippen LogP contribution in [0.15, 0.2) is 54.6 Å². The van der Waals surface area contributed by atoms with Crippen LogP contribution in [0.5, 0.6) is 5.75 Å². The van der Waals surface area contributed by atoms with E-state index in [-0.39, 0.29) is 6.04 Å². The van der Waals surface area contributed by atoms with Crippen LogP contribution in [0.1, 0.15) is 58.9 Å². The zero-order valence-electron chi connectivity index (χ0n) is 21.2. The molecule has 1 aliphatic rings. The Kier molecular flexibility index (Phi) is 10.1. The SMILES string of the molecule is CCC(C)C(N)CN1CCC(N(CCC(C)C)c2ccc(OCc3ccccc3)cc2)CC1. The second-order valence-corrected chi connectivity index (χ2v) is 10.2. The van der Waals surface area contributed by atoms with Gasteiger partial charge in [0.15, 0.2) is 0 Å². The van der Waals surface area contributed by atoms with Crippen molar-refractivity contribution in [3.63, 3.8) is 0 Å². The molecule has 2 unspecified atom stereocenters. The van der Waals surface area contributed by atoms with E-state index in [2.05, 4.69) is 86.0 Å². The van der Waals surface area contributed by atoms with Crippen molar-refractivity contribution in [2.45, 2.75) is 72.1 Å². The van der Waals surface area contributed by atoms with E-state index in [1.54, 1.807) is 0 Å². The van der Waals surface area contributed by atoms with Gasteiger partial charge in [-0.3, -0.25) is 0 Å². The molecule has 1 fully saturated rings. The quantitative estimate of drug-likeness (QED) is 0.432. The Bertz CT molecular complexity index is 784. The maximum atomic E-state index is 6.44. The Morgan fingerprint density at radius 3 is 2.27 bits per heavy atom. The third kappa shape index (κ3) is 8.04. The van der Waals surface area contributed by atoms with Gasteiger partial charge in [-0.05, 0) is 60.9 Å². The maximum Gasteiger partial charge on any atom is 0.119 e. The van der Waals surface area contributed by atoms with Gasteiger partial charge in [0.25, 0.3) is 0 Å². The zero-order chi connectivity index (χ0) is 23.6. The first-order valence-corrected chi connectivity index (χ1v) is 13.0. The van der Waals surface area contributed by atoms with E-state index >= 15 is 0 Å². The van der Waals surface area contributed by atoms with Gasteiger partial charge in [-0.2, -0.15) is 0 Å². The largest absolute Gasteiger partial charge is 0.489 e. The van der Waals surface area contributed by atoms with Crippen molar-refractivity contribution in [2.75, 3.05) is 31.1 Å². The number of hydrogen-bond acceptors (Lipinski definition) is 4. The molecule has 182 valence electrons. The molecule has 4 nitrogen and oxygen atoms in total. The number of nitrogens with zero attached hydrogens (tertiary/aromatic N) is 2. The Morgan fingerprint density at radius 2 is 1.67 bits per heavy atom. The van der Waals surface area contributed by atoms with Gasteiger partial charge in [0.1, 0.15) is 12.4 Å².